The third-order valence-electron chi connectivity index (χ3n) is 5.03. The summed E-state index contributed by atoms with van der Waals surface area (Å²) in [6.45, 7) is 5.61. The summed E-state index contributed by atoms with van der Waals surface area (Å²) in [6.07, 6.45) is 0. The van der Waals surface area contributed by atoms with E-state index in [1.807, 2.05) is 78.7 Å². The van der Waals surface area contributed by atoms with E-state index in [9.17, 15) is 9.59 Å². The molecular formula is C26H30N2O3S. The second kappa shape index (κ2) is 11.5. The van der Waals surface area contributed by atoms with Crippen molar-refractivity contribution in [2.75, 3.05) is 20.2 Å². The predicted molar refractivity (Wildman–Crippen MR) is 129 cm³/mol. The van der Waals surface area contributed by atoms with Crippen molar-refractivity contribution < 1.29 is 14.3 Å². The lowest BCUT2D eigenvalue weighted by atomic mass is 10.1. The summed E-state index contributed by atoms with van der Waals surface area (Å²) in [5.41, 5.74) is 1.53. The largest absolute Gasteiger partial charge is 0.496 e. The van der Waals surface area contributed by atoms with E-state index in [4.69, 9.17) is 4.74 Å². The maximum absolute atomic E-state index is 13.5. The predicted octanol–water partition coefficient (Wildman–Crippen LogP) is 5.08. The Balaban J connectivity index is 1.83. The van der Waals surface area contributed by atoms with Crippen molar-refractivity contribution in [3.05, 3.63) is 88.1 Å². The number of ether oxygens (including phenoxy) is 1. The topological polar surface area (TPSA) is 49.9 Å². The van der Waals surface area contributed by atoms with E-state index in [2.05, 4.69) is 0 Å². The van der Waals surface area contributed by atoms with E-state index in [1.54, 1.807) is 35.5 Å². The Morgan fingerprint density at radius 1 is 0.906 bits per heavy atom. The molecule has 0 aliphatic heterocycles. The fourth-order valence-corrected chi connectivity index (χ4v) is 4.26. The lowest BCUT2D eigenvalue weighted by Gasteiger charge is -2.29. The number of thiophene rings is 1. The highest BCUT2D eigenvalue weighted by atomic mass is 32.1. The molecule has 32 heavy (non-hydrogen) atoms. The molecule has 0 radical (unpaired) electrons. The maximum atomic E-state index is 13.5. The number of benzene rings is 2. The number of amides is 2. The van der Waals surface area contributed by atoms with Gasteiger partial charge in [0.1, 0.15) is 12.3 Å². The van der Waals surface area contributed by atoms with Gasteiger partial charge < -0.3 is 14.5 Å². The molecule has 0 fully saturated rings. The maximum Gasteiger partial charge on any atom is 0.258 e. The molecule has 0 atom stereocenters. The van der Waals surface area contributed by atoms with Gasteiger partial charge in [0.2, 0.25) is 5.91 Å². The number of carbonyl (C=O) groups is 2. The lowest BCUT2D eigenvalue weighted by molar-refractivity contribution is -0.133. The van der Waals surface area contributed by atoms with Crippen LogP contribution in [0.15, 0.2) is 72.1 Å². The summed E-state index contributed by atoms with van der Waals surface area (Å²) >= 11 is 1.63. The van der Waals surface area contributed by atoms with Gasteiger partial charge in [0.05, 0.1) is 19.2 Å². The van der Waals surface area contributed by atoms with E-state index < -0.39 is 0 Å². The molecule has 2 aromatic carbocycles. The molecule has 0 aliphatic rings. The molecular weight excluding hydrogens is 420 g/mol. The summed E-state index contributed by atoms with van der Waals surface area (Å²) in [6, 6.07) is 21.1. The molecule has 6 heteroatoms. The first-order valence-corrected chi connectivity index (χ1v) is 11.6. The fourth-order valence-electron chi connectivity index (χ4n) is 3.54. The molecule has 0 bridgehead atoms. The average Bonchev–Trinajstić information content (AvgIpc) is 3.31. The Labute approximate surface area is 194 Å². The molecule has 0 saturated carbocycles. The smallest absolute Gasteiger partial charge is 0.258 e. The Morgan fingerprint density at radius 2 is 1.62 bits per heavy atom. The highest BCUT2D eigenvalue weighted by molar-refractivity contribution is 7.09. The van der Waals surface area contributed by atoms with E-state index in [0.717, 1.165) is 10.4 Å². The third-order valence-corrected chi connectivity index (χ3v) is 5.89. The minimum absolute atomic E-state index is 0.0211. The molecule has 168 valence electrons. The van der Waals surface area contributed by atoms with Gasteiger partial charge >= 0.3 is 0 Å². The Bertz CT molecular complexity index is 1000. The zero-order valence-corrected chi connectivity index (χ0v) is 19.7. The second-order valence-electron chi connectivity index (χ2n) is 8.09. The zero-order valence-electron chi connectivity index (χ0n) is 18.9. The van der Waals surface area contributed by atoms with Crippen molar-refractivity contribution in [2.24, 2.45) is 5.92 Å². The van der Waals surface area contributed by atoms with E-state index in [1.165, 1.54) is 0 Å². The van der Waals surface area contributed by atoms with Crippen LogP contribution in [0.4, 0.5) is 0 Å². The van der Waals surface area contributed by atoms with Crippen LogP contribution in [0.2, 0.25) is 0 Å². The van der Waals surface area contributed by atoms with Crippen LogP contribution in [-0.2, 0) is 17.9 Å². The Morgan fingerprint density at radius 3 is 2.28 bits per heavy atom. The molecule has 0 saturated heterocycles. The van der Waals surface area contributed by atoms with Gasteiger partial charge in [-0.25, -0.2) is 0 Å². The Hall–Kier alpha value is -3.12. The second-order valence-corrected chi connectivity index (χ2v) is 9.13. The van der Waals surface area contributed by atoms with Crippen LogP contribution in [0.25, 0.3) is 0 Å². The standard InChI is InChI=1S/C26H30N2O3S/c1-20(2)16-28(26(30)23-13-7-8-14-24(23)31-3)19-25(29)27(18-22-12-9-15-32-22)17-21-10-5-4-6-11-21/h4-15,20H,16-19H2,1-3H3. The van der Waals surface area contributed by atoms with E-state index >= 15 is 0 Å². The minimum atomic E-state index is -0.194. The number of rotatable bonds is 10. The van der Waals surface area contributed by atoms with Gasteiger partial charge in [0, 0.05) is 18.0 Å². The number of para-hydroxylation sites is 1. The normalized spacial score (nSPS) is 10.8. The average molecular weight is 451 g/mol. The zero-order chi connectivity index (χ0) is 22.9. The van der Waals surface area contributed by atoms with Crippen LogP contribution in [-0.4, -0.2) is 41.8 Å². The van der Waals surface area contributed by atoms with Crippen molar-refractivity contribution in [2.45, 2.75) is 26.9 Å². The van der Waals surface area contributed by atoms with Crippen molar-refractivity contribution in [1.29, 1.82) is 0 Å². The first-order valence-electron chi connectivity index (χ1n) is 10.7. The van der Waals surface area contributed by atoms with Crippen molar-refractivity contribution >= 4 is 23.2 Å². The number of hydrogen-bond donors (Lipinski definition) is 0. The van der Waals surface area contributed by atoms with E-state index in [-0.39, 0.29) is 24.3 Å². The highest BCUT2D eigenvalue weighted by Crippen LogP contribution is 2.21. The lowest BCUT2D eigenvalue weighted by Crippen LogP contribution is -2.44. The van der Waals surface area contributed by atoms with Crippen LogP contribution in [0.5, 0.6) is 5.75 Å². The summed E-state index contributed by atoms with van der Waals surface area (Å²) in [5.74, 6) is 0.464. The monoisotopic (exact) mass is 450 g/mol. The summed E-state index contributed by atoms with van der Waals surface area (Å²) in [5, 5.41) is 2.01. The van der Waals surface area contributed by atoms with Crippen LogP contribution in [0.3, 0.4) is 0 Å². The molecule has 1 aromatic heterocycles. The number of nitrogens with zero attached hydrogens (tertiary/aromatic N) is 2. The van der Waals surface area contributed by atoms with Gasteiger partial charge in [-0.05, 0) is 35.1 Å². The molecule has 3 aromatic rings. The van der Waals surface area contributed by atoms with Crippen molar-refractivity contribution in [3.63, 3.8) is 0 Å². The van der Waals surface area contributed by atoms with Crippen LogP contribution >= 0.6 is 11.3 Å². The first kappa shape index (κ1) is 23.5. The molecule has 0 N–H and O–H groups in total. The van der Waals surface area contributed by atoms with Gasteiger partial charge in [-0.2, -0.15) is 0 Å². The summed E-state index contributed by atoms with van der Waals surface area (Å²) in [7, 11) is 1.55. The van der Waals surface area contributed by atoms with Gasteiger partial charge in [-0.3, -0.25) is 9.59 Å². The molecule has 0 aliphatic carbocycles. The SMILES string of the molecule is COc1ccccc1C(=O)N(CC(=O)N(Cc1ccccc1)Cc1cccs1)CC(C)C. The number of carbonyl (C=O) groups excluding carboxylic acids is 2. The summed E-state index contributed by atoms with van der Waals surface area (Å²) in [4.78, 5) is 31.4. The first-order chi connectivity index (χ1) is 15.5. The highest BCUT2D eigenvalue weighted by Gasteiger charge is 2.25. The summed E-state index contributed by atoms with van der Waals surface area (Å²) < 4.78 is 5.38. The fraction of sp³-hybridized carbons (Fsp3) is 0.308. The Kier molecular flexibility index (Phi) is 8.45. The number of hydrogen-bond acceptors (Lipinski definition) is 4. The molecule has 0 unspecified atom stereocenters. The van der Waals surface area contributed by atoms with Gasteiger partial charge in [0.15, 0.2) is 0 Å². The van der Waals surface area contributed by atoms with E-state index in [0.29, 0.717) is 30.9 Å². The number of methoxy groups -OCH3 is 1. The molecule has 2 amide bonds. The van der Waals surface area contributed by atoms with Crippen molar-refractivity contribution in [3.8, 4) is 5.75 Å². The van der Waals surface area contributed by atoms with Crippen LogP contribution in [0.1, 0.15) is 34.6 Å². The van der Waals surface area contributed by atoms with Gasteiger partial charge in [0.25, 0.3) is 5.91 Å². The van der Waals surface area contributed by atoms with Crippen molar-refractivity contribution in [1.82, 2.24) is 9.80 Å². The van der Waals surface area contributed by atoms with Gasteiger partial charge in [-0.15, -0.1) is 11.3 Å². The van der Waals surface area contributed by atoms with Crippen LogP contribution in [0, 0.1) is 5.92 Å². The molecule has 1 heterocycles. The molecule has 5 nitrogen and oxygen atoms in total. The third kappa shape index (κ3) is 6.44. The minimum Gasteiger partial charge on any atom is -0.496 e. The molecule has 3 rings (SSSR count). The van der Waals surface area contributed by atoms with Gasteiger partial charge in [-0.1, -0.05) is 62.4 Å². The molecule has 0 spiro atoms. The quantitative estimate of drug-likeness (QED) is 0.433. The van der Waals surface area contributed by atoms with Crippen LogP contribution < -0.4 is 4.74 Å².